The minimum Gasteiger partial charge on any atom is -0.495 e. The van der Waals surface area contributed by atoms with E-state index in [9.17, 15) is 4.79 Å². The van der Waals surface area contributed by atoms with E-state index in [1.807, 2.05) is 25.1 Å². The van der Waals surface area contributed by atoms with Crippen LogP contribution in [0.4, 0.5) is 10.5 Å². The Morgan fingerprint density at radius 2 is 2.14 bits per heavy atom. The minimum atomic E-state index is -0.219. The molecule has 6 heteroatoms. The zero-order valence-electron chi connectivity index (χ0n) is 12.4. The normalized spacial score (nSPS) is 15.7. The highest BCUT2D eigenvalue weighted by Crippen LogP contribution is 2.28. The summed E-state index contributed by atoms with van der Waals surface area (Å²) in [6, 6.07) is 5.99. The van der Waals surface area contributed by atoms with Gasteiger partial charge in [0.15, 0.2) is 0 Å². The molecule has 0 spiro atoms. The number of carbonyl (C=O) groups is 1. The number of benzene rings is 1. The second-order valence-electron chi connectivity index (χ2n) is 4.95. The second kappa shape index (κ2) is 7.41. The Bertz CT molecular complexity index is 488. The highest BCUT2D eigenvalue weighted by Gasteiger charge is 2.23. The highest BCUT2D eigenvalue weighted by atomic mass is 35.5. The zero-order chi connectivity index (χ0) is 15.2. The lowest BCUT2D eigenvalue weighted by Gasteiger charge is -2.32. The number of likely N-dealkylation sites (tertiary alicyclic amines) is 1. The third-order valence-corrected chi connectivity index (χ3v) is 3.84. The van der Waals surface area contributed by atoms with Crippen LogP contribution in [0, 0.1) is 0 Å². The number of halogens is 1. The molecule has 2 rings (SSSR count). The van der Waals surface area contributed by atoms with E-state index in [0.717, 1.165) is 18.5 Å². The summed E-state index contributed by atoms with van der Waals surface area (Å²) in [5.74, 6) is 0.666. The monoisotopic (exact) mass is 312 g/mol. The summed E-state index contributed by atoms with van der Waals surface area (Å²) < 4.78 is 10.1. The number of nitrogens with zero attached hydrogens (tertiary/aromatic N) is 1. The first-order valence-electron chi connectivity index (χ1n) is 7.15. The summed E-state index contributed by atoms with van der Waals surface area (Å²) in [6.45, 7) is 3.65. The van der Waals surface area contributed by atoms with E-state index in [-0.39, 0.29) is 6.09 Å². The molecule has 0 bridgehead atoms. The number of methoxy groups -OCH3 is 1. The molecule has 0 radical (unpaired) electrons. The number of hydrogen-bond acceptors (Lipinski definition) is 4. The van der Waals surface area contributed by atoms with Crippen LogP contribution < -0.4 is 10.1 Å². The first-order valence-corrected chi connectivity index (χ1v) is 7.53. The molecule has 0 aliphatic carbocycles. The molecule has 0 unspecified atom stereocenters. The standard InChI is InChI=1S/C15H21ClN2O3/c1-3-21-15(19)18-8-6-11(7-9-18)17-12-4-5-14(20-2)13(16)10-12/h4-5,10-11,17H,3,6-9H2,1-2H3. The van der Waals surface area contributed by atoms with Crippen LogP contribution in [0.5, 0.6) is 5.75 Å². The smallest absolute Gasteiger partial charge is 0.409 e. The van der Waals surface area contributed by atoms with Gasteiger partial charge in [0.05, 0.1) is 18.7 Å². The Balaban J connectivity index is 1.86. The van der Waals surface area contributed by atoms with Crippen molar-refractivity contribution >= 4 is 23.4 Å². The molecule has 1 aliphatic heterocycles. The molecule has 1 amide bonds. The van der Waals surface area contributed by atoms with Crippen molar-refractivity contribution in [3.05, 3.63) is 23.2 Å². The van der Waals surface area contributed by atoms with Gasteiger partial charge in [-0.2, -0.15) is 0 Å². The molecule has 116 valence electrons. The van der Waals surface area contributed by atoms with E-state index in [0.29, 0.717) is 36.5 Å². The molecule has 0 aromatic heterocycles. The van der Waals surface area contributed by atoms with Gasteiger partial charge in [-0.25, -0.2) is 4.79 Å². The Kier molecular flexibility index (Phi) is 5.56. The second-order valence-corrected chi connectivity index (χ2v) is 5.36. The molecule has 1 aromatic rings. The van der Waals surface area contributed by atoms with E-state index in [1.54, 1.807) is 12.0 Å². The van der Waals surface area contributed by atoms with Gasteiger partial charge in [0, 0.05) is 24.8 Å². The van der Waals surface area contributed by atoms with Crippen LogP contribution in [0.1, 0.15) is 19.8 Å². The maximum atomic E-state index is 11.6. The lowest BCUT2D eigenvalue weighted by molar-refractivity contribution is 0.0983. The van der Waals surface area contributed by atoms with Gasteiger partial charge in [-0.15, -0.1) is 0 Å². The van der Waals surface area contributed by atoms with Crippen molar-refractivity contribution in [2.24, 2.45) is 0 Å². The van der Waals surface area contributed by atoms with E-state index in [4.69, 9.17) is 21.1 Å². The largest absolute Gasteiger partial charge is 0.495 e. The number of hydrogen-bond donors (Lipinski definition) is 1. The Morgan fingerprint density at radius 1 is 1.43 bits per heavy atom. The summed E-state index contributed by atoms with van der Waals surface area (Å²) in [5.41, 5.74) is 0.968. The summed E-state index contributed by atoms with van der Waals surface area (Å²) in [6.07, 6.45) is 1.56. The van der Waals surface area contributed by atoms with Gasteiger partial charge in [0.2, 0.25) is 0 Å². The van der Waals surface area contributed by atoms with Crippen LogP contribution >= 0.6 is 11.6 Å². The number of piperidine rings is 1. The first-order chi connectivity index (χ1) is 10.1. The predicted octanol–water partition coefficient (Wildman–Crippen LogP) is 3.38. The van der Waals surface area contributed by atoms with Crippen molar-refractivity contribution in [1.82, 2.24) is 4.90 Å². The molecular formula is C15H21ClN2O3. The molecule has 5 nitrogen and oxygen atoms in total. The van der Waals surface area contributed by atoms with Gasteiger partial charge in [0.1, 0.15) is 5.75 Å². The van der Waals surface area contributed by atoms with Crippen molar-refractivity contribution < 1.29 is 14.3 Å². The van der Waals surface area contributed by atoms with E-state index >= 15 is 0 Å². The summed E-state index contributed by atoms with van der Waals surface area (Å²) >= 11 is 6.11. The predicted molar refractivity (Wildman–Crippen MR) is 83.2 cm³/mol. The van der Waals surface area contributed by atoms with Crippen LogP contribution in [0.15, 0.2) is 18.2 Å². The fourth-order valence-electron chi connectivity index (χ4n) is 2.41. The van der Waals surface area contributed by atoms with Crippen molar-refractivity contribution in [3.63, 3.8) is 0 Å². The molecule has 1 aromatic carbocycles. The molecule has 0 atom stereocenters. The number of ether oxygens (including phenoxy) is 2. The lowest BCUT2D eigenvalue weighted by atomic mass is 10.1. The SMILES string of the molecule is CCOC(=O)N1CCC(Nc2ccc(OC)c(Cl)c2)CC1. The molecule has 1 N–H and O–H groups in total. The Labute approximate surface area is 130 Å². The third-order valence-electron chi connectivity index (χ3n) is 3.54. The molecule has 1 fully saturated rings. The summed E-state index contributed by atoms with van der Waals surface area (Å²) in [7, 11) is 1.60. The number of anilines is 1. The topological polar surface area (TPSA) is 50.8 Å². The van der Waals surface area contributed by atoms with Crippen molar-refractivity contribution in [3.8, 4) is 5.75 Å². The van der Waals surface area contributed by atoms with Crippen molar-refractivity contribution in [2.75, 3.05) is 32.1 Å². The zero-order valence-corrected chi connectivity index (χ0v) is 13.2. The molecule has 0 saturated carbocycles. The van der Waals surface area contributed by atoms with Crippen molar-refractivity contribution in [1.29, 1.82) is 0 Å². The Morgan fingerprint density at radius 3 is 2.71 bits per heavy atom. The third kappa shape index (κ3) is 4.17. The Hall–Kier alpha value is -1.62. The molecular weight excluding hydrogens is 292 g/mol. The lowest BCUT2D eigenvalue weighted by Crippen LogP contribution is -2.42. The highest BCUT2D eigenvalue weighted by molar-refractivity contribution is 6.32. The number of nitrogens with one attached hydrogen (secondary N) is 1. The van der Waals surface area contributed by atoms with Gasteiger partial charge in [-0.3, -0.25) is 0 Å². The van der Waals surface area contributed by atoms with E-state index in [1.165, 1.54) is 0 Å². The number of carbonyl (C=O) groups excluding carboxylic acids is 1. The minimum absolute atomic E-state index is 0.219. The molecule has 21 heavy (non-hydrogen) atoms. The number of rotatable bonds is 4. The van der Waals surface area contributed by atoms with Crippen LogP contribution in [-0.4, -0.2) is 43.8 Å². The van der Waals surface area contributed by atoms with Crippen LogP contribution in [-0.2, 0) is 4.74 Å². The van der Waals surface area contributed by atoms with Gasteiger partial charge in [-0.1, -0.05) is 11.6 Å². The number of amides is 1. The van der Waals surface area contributed by atoms with E-state index < -0.39 is 0 Å². The van der Waals surface area contributed by atoms with Crippen LogP contribution in [0.3, 0.4) is 0 Å². The van der Waals surface area contributed by atoms with Gasteiger partial charge < -0.3 is 19.7 Å². The summed E-state index contributed by atoms with van der Waals surface area (Å²) in [4.78, 5) is 13.4. The van der Waals surface area contributed by atoms with Gasteiger partial charge in [-0.05, 0) is 38.0 Å². The maximum Gasteiger partial charge on any atom is 0.409 e. The van der Waals surface area contributed by atoms with Crippen molar-refractivity contribution in [2.45, 2.75) is 25.8 Å². The van der Waals surface area contributed by atoms with Crippen LogP contribution in [0.25, 0.3) is 0 Å². The fourth-order valence-corrected chi connectivity index (χ4v) is 2.67. The van der Waals surface area contributed by atoms with Crippen LogP contribution in [0.2, 0.25) is 5.02 Å². The van der Waals surface area contributed by atoms with E-state index in [2.05, 4.69) is 5.32 Å². The molecule has 1 saturated heterocycles. The maximum absolute atomic E-state index is 11.6. The fraction of sp³-hybridized carbons (Fsp3) is 0.533. The van der Waals surface area contributed by atoms with Gasteiger partial charge in [0.25, 0.3) is 0 Å². The summed E-state index contributed by atoms with van der Waals surface area (Å²) in [5, 5.41) is 4.03. The first kappa shape index (κ1) is 15.8. The quantitative estimate of drug-likeness (QED) is 0.926. The molecule has 1 heterocycles. The average molecular weight is 313 g/mol. The van der Waals surface area contributed by atoms with Gasteiger partial charge >= 0.3 is 6.09 Å². The molecule has 1 aliphatic rings. The average Bonchev–Trinajstić information content (AvgIpc) is 2.48.